The van der Waals surface area contributed by atoms with E-state index in [0.717, 1.165) is 70.6 Å². The molecular formula is C40H75NO9P+. The topological polar surface area (TPSA) is 125 Å². The Bertz CT molecular complexity index is 993. The molecule has 0 aliphatic rings. The van der Waals surface area contributed by atoms with Crippen LogP contribution in [-0.4, -0.2) is 80.7 Å². The summed E-state index contributed by atoms with van der Waals surface area (Å²) in [5.74, 6) is -0.683. The van der Waals surface area contributed by atoms with Crippen molar-refractivity contribution in [2.75, 3.05) is 47.5 Å². The second kappa shape index (κ2) is 32.8. The molecule has 0 bridgehead atoms. The van der Waals surface area contributed by atoms with Crippen LogP contribution < -0.4 is 0 Å². The zero-order valence-corrected chi connectivity index (χ0v) is 34.0. The van der Waals surface area contributed by atoms with Crippen molar-refractivity contribution in [3.05, 3.63) is 24.3 Å². The second-order valence-corrected chi connectivity index (χ2v) is 16.2. The van der Waals surface area contributed by atoms with E-state index in [2.05, 4.69) is 19.9 Å². The maximum absolute atomic E-state index is 12.6. The molecule has 0 saturated heterocycles. The lowest BCUT2D eigenvalue weighted by atomic mass is 10.1. The fraction of sp³-hybridized carbons (Fsp3) is 0.825. The number of ketones is 1. The normalized spacial score (nSPS) is 13.8. The maximum Gasteiger partial charge on any atom is 0.472 e. The number of quaternary nitrogens is 1. The molecule has 298 valence electrons. The number of hydrogen-bond donors (Lipinski definition) is 1. The summed E-state index contributed by atoms with van der Waals surface area (Å²) in [5, 5.41) is 0. The molecule has 10 nitrogen and oxygen atoms in total. The van der Waals surface area contributed by atoms with Crippen molar-refractivity contribution in [1.82, 2.24) is 0 Å². The zero-order chi connectivity index (χ0) is 38.1. The van der Waals surface area contributed by atoms with Gasteiger partial charge in [0.1, 0.15) is 19.8 Å². The molecule has 0 rings (SSSR count). The number of likely N-dealkylation sites (N-methyl/N-ethyl adjacent to an activating group) is 1. The molecule has 1 N–H and O–H groups in total. The Morgan fingerprint density at radius 2 is 1.16 bits per heavy atom. The standard InChI is InChI=1S/C40H74NO9P/c1-6-8-10-11-12-13-14-17-20-23-27-31-39(43)47-35-38(36-49-51(45,46)48-34-33-41(3,4)5)50-40(44)32-28-24-21-18-15-16-19-22-26-30-37(42)29-25-9-7-2/h19,22,26,30,38H,6-18,20-21,23-25,27-29,31-36H2,1-5H3/p+1/b22-19-,30-26+/t38-/m1/s1. The van der Waals surface area contributed by atoms with E-state index in [-0.39, 0.29) is 37.8 Å². The molecule has 0 saturated carbocycles. The number of hydrogen-bond acceptors (Lipinski definition) is 8. The van der Waals surface area contributed by atoms with Gasteiger partial charge in [0.25, 0.3) is 0 Å². The quantitative estimate of drug-likeness (QED) is 0.0167. The van der Waals surface area contributed by atoms with Gasteiger partial charge < -0.3 is 18.9 Å². The minimum atomic E-state index is -4.39. The molecule has 51 heavy (non-hydrogen) atoms. The Morgan fingerprint density at radius 3 is 1.75 bits per heavy atom. The third kappa shape index (κ3) is 36.3. The van der Waals surface area contributed by atoms with Gasteiger partial charge >= 0.3 is 19.8 Å². The van der Waals surface area contributed by atoms with Crippen LogP contribution in [0, 0.1) is 0 Å². The van der Waals surface area contributed by atoms with Crippen LogP contribution in [0.25, 0.3) is 0 Å². The van der Waals surface area contributed by atoms with Gasteiger partial charge in [0.2, 0.25) is 0 Å². The number of allylic oxidation sites excluding steroid dienone is 4. The number of unbranched alkanes of at least 4 members (excludes halogenated alkanes) is 17. The third-order valence-corrected chi connectivity index (χ3v) is 9.44. The van der Waals surface area contributed by atoms with Gasteiger partial charge in [-0.15, -0.1) is 0 Å². The summed E-state index contributed by atoms with van der Waals surface area (Å²) in [6, 6.07) is 0. The number of phosphoric acid groups is 1. The summed E-state index contributed by atoms with van der Waals surface area (Å²) in [7, 11) is 1.42. The SMILES string of the molecule is CCCCCCCCCCCCCC(=O)OC[C@H](COP(=O)(O)OCC[N+](C)(C)C)OC(=O)CCCCCCC/C=C\C=C\C(=O)CCCCC. The van der Waals surface area contributed by atoms with Crippen molar-refractivity contribution in [2.45, 2.75) is 168 Å². The third-order valence-electron chi connectivity index (χ3n) is 8.46. The van der Waals surface area contributed by atoms with E-state index in [1.165, 1.54) is 51.4 Å². The highest BCUT2D eigenvalue weighted by atomic mass is 31.2. The highest BCUT2D eigenvalue weighted by Gasteiger charge is 2.27. The minimum absolute atomic E-state index is 0.0171. The zero-order valence-electron chi connectivity index (χ0n) is 33.1. The van der Waals surface area contributed by atoms with Gasteiger partial charge in [-0.1, -0.05) is 128 Å². The predicted octanol–water partition coefficient (Wildman–Crippen LogP) is 9.97. The molecule has 0 aliphatic heterocycles. The molecule has 11 heteroatoms. The largest absolute Gasteiger partial charge is 0.472 e. The van der Waals surface area contributed by atoms with Crippen molar-refractivity contribution >= 4 is 25.5 Å². The molecule has 0 aromatic rings. The number of esters is 2. The van der Waals surface area contributed by atoms with E-state index in [4.69, 9.17) is 18.5 Å². The molecule has 1 unspecified atom stereocenters. The van der Waals surface area contributed by atoms with Crippen LogP contribution in [0.15, 0.2) is 24.3 Å². The molecule has 0 heterocycles. The smallest absolute Gasteiger partial charge is 0.462 e. The van der Waals surface area contributed by atoms with Crippen LogP contribution in [0.1, 0.15) is 162 Å². The van der Waals surface area contributed by atoms with Crippen LogP contribution in [0.4, 0.5) is 0 Å². The molecular weight excluding hydrogens is 669 g/mol. The van der Waals surface area contributed by atoms with Crippen LogP contribution in [0.2, 0.25) is 0 Å². The molecule has 2 atom stereocenters. The molecule has 0 fully saturated rings. The Kier molecular flexibility index (Phi) is 31.6. The van der Waals surface area contributed by atoms with Crippen LogP contribution in [0.3, 0.4) is 0 Å². The molecule has 0 aromatic heterocycles. The summed E-state index contributed by atoms with van der Waals surface area (Å²) >= 11 is 0. The van der Waals surface area contributed by atoms with Crippen molar-refractivity contribution < 1.29 is 46.8 Å². The highest BCUT2D eigenvalue weighted by Crippen LogP contribution is 2.43. The fourth-order valence-electron chi connectivity index (χ4n) is 5.23. The summed E-state index contributed by atoms with van der Waals surface area (Å²) in [6.45, 7) is 4.19. The second-order valence-electron chi connectivity index (χ2n) is 14.7. The van der Waals surface area contributed by atoms with Gasteiger partial charge in [0.05, 0.1) is 27.7 Å². The highest BCUT2D eigenvalue weighted by molar-refractivity contribution is 7.47. The lowest BCUT2D eigenvalue weighted by Gasteiger charge is -2.24. The van der Waals surface area contributed by atoms with Crippen molar-refractivity contribution in [3.63, 3.8) is 0 Å². The van der Waals surface area contributed by atoms with Crippen LogP contribution >= 0.6 is 7.82 Å². The van der Waals surface area contributed by atoms with Crippen molar-refractivity contribution in [2.24, 2.45) is 0 Å². The first-order valence-corrected chi connectivity index (χ1v) is 21.5. The first-order chi connectivity index (χ1) is 24.4. The molecule has 0 spiro atoms. The van der Waals surface area contributed by atoms with E-state index in [0.29, 0.717) is 23.9 Å². The molecule has 0 amide bonds. The number of rotatable bonds is 36. The fourth-order valence-corrected chi connectivity index (χ4v) is 5.97. The average molecular weight is 745 g/mol. The predicted molar refractivity (Wildman–Crippen MR) is 206 cm³/mol. The van der Waals surface area contributed by atoms with E-state index in [1.807, 2.05) is 33.3 Å². The van der Waals surface area contributed by atoms with E-state index in [9.17, 15) is 23.8 Å². The molecule has 0 radical (unpaired) electrons. The van der Waals surface area contributed by atoms with E-state index < -0.39 is 26.5 Å². The Balaban J connectivity index is 4.48. The number of nitrogens with zero attached hydrogens (tertiary/aromatic N) is 1. The number of phosphoric ester groups is 1. The first-order valence-electron chi connectivity index (χ1n) is 20.0. The average Bonchev–Trinajstić information content (AvgIpc) is 3.06. The van der Waals surface area contributed by atoms with Gasteiger partial charge in [-0.2, -0.15) is 0 Å². The van der Waals surface area contributed by atoms with Crippen LogP contribution in [-0.2, 0) is 37.5 Å². The molecule has 0 aliphatic carbocycles. The van der Waals surface area contributed by atoms with E-state index in [1.54, 1.807) is 6.08 Å². The van der Waals surface area contributed by atoms with Crippen molar-refractivity contribution in [1.29, 1.82) is 0 Å². The lowest BCUT2D eigenvalue weighted by molar-refractivity contribution is -0.870. The first kappa shape index (κ1) is 49.2. The Hall–Kier alpha value is -1.84. The summed E-state index contributed by atoms with van der Waals surface area (Å²) in [4.78, 5) is 46.9. The Morgan fingerprint density at radius 1 is 0.647 bits per heavy atom. The summed E-state index contributed by atoms with van der Waals surface area (Å²) in [6.07, 6.45) is 29.2. The van der Waals surface area contributed by atoms with Gasteiger partial charge in [0, 0.05) is 19.3 Å². The van der Waals surface area contributed by atoms with Gasteiger partial charge in [-0.25, -0.2) is 4.57 Å². The summed E-state index contributed by atoms with van der Waals surface area (Å²) in [5.41, 5.74) is 0. The van der Waals surface area contributed by atoms with Crippen molar-refractivity contribution in [3.8, 4) is 0 Å². The monoisotopic (exact) mass is 745 g/mol. The molecule has 0 aromatic carbocycles. The summed E-state index contributed by atoms with van der Waals surface area (Å²) < 4.78 is 34.1. The number of ether oxygens (including phenoxy) is 2. The minimum Gasteiger partial charge on any atom is -0.462 e. The van der Waals surface area contributed by atoms with Gasteiger partial charge in [-0.3, -0.25) is 23.4 Å². The van der Waals surface area contributed by atoms with Gasteiger partial charge in [-0.05, 0) is 38.2 Å². The lowest BCUT2D eigenvalue weighted by Crippen LogP contribution is -2.37. The number of carbonyl (C=O) groups is 3. The number of carbonyl (C=O) groups excluding carboxylic acids is 3. The van der Waals surface area contributed by atoms with E-state index >= 15 is 0 Å². The van der Waals surface area contributed by atoms with Gasteiger partial charge in [0.15, 0.2) is 11.9 Å². The van der Waals surface area contributed by atoms with Crippen LogP contribution in [0.5, 0.6) is 0 Å². The Labute approximate surface area is 311 Å². The maximum atomic E-state index is 12.6.